The molecule has 1 aliphatic rings. The number of amides is 2. The molecule has 2 N–H and O–H groups in total. The maximum Gasteiger partial charge on any atom is 0.315 e. The molecule has 0 aliphatic heterocycles. The molecule has 4 nitrogen and oxygen atoms in total. The Labute approximate surface area is 124 Å². The lowest BCUT2D eigenvalue weighted by atomic mass is 9.96. The minimum Gasteiger partial charge on any atom is -0.461 e. The van der Waals surface area contributed by atoms with Gasteiger partial charge in [-0.05, 0) is 25.0 Å². The summed E-state index contributed by atoms with van der Waals surface area (Å²) in [5, 5.41) is 7.07. The lowest BCUT2D eigenvalue weighted by Crippen LogP contribution is -2.43. The molecule has 0 saturated heterocycles. The number of carbonyl (C=O) groups excluding carboxylic acids is 1. The summed E-state index contributed by atoms with van der Waals surface area (Å²) in [6.07, 6.45) is 6.68. The Kier molecular flexibility index (Phi) is 4.43. The van der Waals surface area contributed by atoms with E-state index in [-0.39, 0.29) is 6.03 Å². The SMILES string of the molecule is O=C(NCCc1cc2ccccc2o1)NC1CCCCC1. The van der Waals surface area contributed by atoms with Gasteiger partial charge in [0, 0.05) is 24.4 Å². The molecular weight excluding hydrogens is 264 g/mol. The summed E-state index contributed by atoms with van der Waals surface area (Å²) in [6, 6.07) is 10.3. The van der Waals surface area contributed by atoms with Crippen molar-refractivity contribution in [3.8, 4) is 0 Å². The summed E-state index contributed by atoms with van der Waals surface area (Å²) in [4.78, 5) is 11.8. The van der Waals surface area contributed by atoms with Gasteiger partial charge in [-0.25, -0.2) is 4.79 Å². The van der Waals surface area contributed by atoms with Gasteiger partial charge in [0.15, 0.2) is 0 Å². The summed E-state index contributed by atoms with van der Waals surface area (Å²) >= 11 is 0. The van der Waals surface area contributed by atoms with E-state index in [9.17, 15) is 4.79 Å². The number of hydrogen-bond donors (Lipinski definition) is 2. The largest absolute Gasteiger partial charge is 0.461 e. The van der Waals surface area contributed by atoms with Crippen molar-refractivity contribution in [2.45, 2.75) is 44.6 Å². The Balaban J connectivity index is 1.43. The van der Waals surface area contributed by atoms with Crippen molar-refractivity contribution < 1.29 is 9.21 Å². The topological polar surface area (TPSA) is 54.3 Å². The van der Waals surface area contributed by atoms with Crippen molar-refractivity contribution in [2.75, 3.05) is 6.54 Å². The summed E-state index contributed by atoms with van der Waals surface area (Å²) in [6.45, 7) is 0.596. The summed E-state index contributed by atoms with van der Waals surface area (Å²) < 4.78 is 5.73. The van der Waals surface area contributed by atoms with Crippen LogP contribution in [-0.4, -0.2) is 18.6 Å². The zero-order valence-electron chi connectivity index (χ0n) is 12.2. The molecule has 112 valence electrons. The fourth-order valence-electron chi connectivity index (χ4n) is 2.94. The molecule has 2 aromatic rings. The highest BCUT2D eigenvalue weighted by Gasteiger charge is 2.15. The van der Waals surface area contributed by atoms with Crippen molar-refractivity contribution in [1.82, 2.24) is 10.6 Å². The van der Waals surface area contributed by atoms with Crippen molar-refractivity contribution >= 4 is 17.0 Å². The second kappa shape index (κ2) is 6.66. The van der Waals surface area contributed by atoms with Crippen LogP contribution in [0.2, 0.25) is 0 Å². The van der Waals surface area contributed by atoms with Crippen LogP contribution in [0.4, 0.5) is 4.79 Å². The number of para-hydroxylation sites is 1. The fourth-order valence-corrected chi connectivity index (χ4v) is 2.94. The normalized spacial score (nSPS) is 16.0. The van der Waals surface area contributed by atoms with E-state index >= 15 is 0 Å². The fraction of sp³-hybridized carbons (Fsp3) is 0.471. The third-order valence-electron chi connectivity index (χ3n) is 4.07. The summed E-state index contributed by atoms with van der Waals surface area (Å²) in [7, 11) is 0. The van der Waals surface area contributed by atoms with Gasteiger partial charge >= 0.3 is 6.03 Å². The van der Waals surface area contributed by atoms with Crippen LogP contribution in [0.15, 0.2) is 34.7 Å². The van der Waals surface area contributed by atoms with Crippen molar-refractivity contribution in [3.63, 3.8) is 0 Å². The highest BCUT2D eigenvalue weighted by Crippen LogP contribution is 2.19. The molecule has 1 heterocycles. The zero-order valence-corrected chi connectivity index (χ0v) is 12.2. The predicted molar refractivity (Wildman–Crippen MR) is 83.3 cm³/mol. The van der Waals surface area contributed by atoms with E-state index in [0.717, 1.165) is 29.6 Å². The number of benzene rings is 1. The molecule has 0 radical (unpaired) electrons. The molecule has 0 spiro atoms. The molecule has 3 rings (SSSR count). The quantitative estimate of drug-likeness (QED) is 0.902. The first-order chi connectivity index (χ1) is 10.3. The molecule has 1 aromatic carbocycles. The molecule has 1 saturated carbocycles. The number of fused-ring (bicyclic) bond motifs is 1. The maximum absolute atomic E-state index is 11.8. The predicted octanol–water partition coefficient (Wildman–Crippen LogP) is 3.61. The van der Waals surface area contributed by atoms with Crippen LogP contribution in [0.5, 0.6) is 0 Å². The summed E-state index contributed by atoms with van der Waals surface area (Å²) in [5.74, 6) is 0.911. The van der Waals surface area contributed by atoms with Gasteiger partial charge in [0.2, 0.25) is 0 Å². The Morgan fingerprint density at radius 3 is 2.81 bits per heavy atom. The standard InChI is InChI=1S/C17H22N2O2/c20-17(19-14-7-2-1-3-8-14)18-11-10-15-12-13-6-4-5-9-16(13)21-15/h4-6,9,12,14H,1-3,7-8,10-11H2,(H2,18,19,20). The van der Waals surface area contributed by atoms with Crippen LogP contribution in [0.1, 0.15) is 37.9 Å². The minimum absolute atomic E-state index is 0.0574. The number of rotatable bonds is 4. The van der Waals surface area contributed by atoms with Gasteiger partial charge in [-0.2, -0.15) is 0 Å². The van der Waals surface area contributed by atoms with Crippen LogP contribution in [0.3, 0.4) is 0 Å². The van der Waals surface area contributed by atoms with Gasteiger partial charge in [0.25, 0.3) is 0 Å². The van der Waals surface area contributed by atoms with Crippen molar-refractivity contribution in [3.05, 3.63) is 36.1 Å². The lowest BCUT2D eigenvalue weighted by Gasteiger charge is -2.22. The number of carbonyl (C=O) groups is 1. The molecule has 4 heteroatoms. The van der Waals surface area contributed by atoms with Crippen molar-refractivity contribution in [1.29, 1.82) is 0 Å². The van der Waals surface area contributed by atoms with Gasteiger partial charge in [-0.3, -0.25) is 0 Å². The van der Waals surface area contributed by atoms with Gasteiger partial charge in [-0.1, -0.05) is 37.5 Å². The average Bonchev–Trinajstić information content (AvgIpc) is 2.91. The van der Waals surface area contributed by atoms with Crippen molar-refractivity contribution in [2.24, 2.45) is 0 Å². The minimum atomic E-state index is -0.0574. The van der Waals surface area contributed by atoms with E-state index in [4.69, 9.17) is 4.42 Å². The molecule has 0 atom stereocenters. The van der Waals surface area contributed by atoms with E-state index in [1.54, 1.807) is 0 Å². The molecule has 1 aromatic heterocycles. The first-order valence-electron chi connectivity index (χ1n) is 7.83. The molecule has 1 fully saturated rings. The number of urea groups is 1. The Bertz CT molecular complexity index is 567. The maximum atomic E-state index is 11.8. The smallest absolute Gasteiger partial charge is 0.315 e. The van der Waals surface area contributed by atoms with E-state index in [2.05, 4.69) is 10.6 Å². The van der Waals surface area contributed by atoms with Crippen LogP contribution in [0.25, 0.3) is 11.0 Å². The second-order valence-electron chi connectivity index (χ2n) is 5.74. The van der Waals surface area contributed by atoms with Gasteiger partial charge in [-0.15, -0.1) is 0 Å². The Hall–Kier alpha value is -1.97. The first kappa shape index (κ1) is 14.0. The van der Waals surface area contributed by atoms with Crippen LogP contribution in [0, 0.1) is 0 Å². The molecule has 21 heavy (non-hydrogen) atoms. The monoisotopic (exact) mass is 286 g/mol. The average molecular weight is 286 g/mol. The molecule has 0 bridgehead atoms. The first-order valence-corrected chi connectivity index (χ1v) is 7.83. The number of nitrogens with one attached hydrogen (secondary N) is 2. The highest BCUT2D eigenvalue weighted by molar-refractivity contribution is 5.77. The number of hydrogen-bond acceptors (Lipinski definition) is 2. The van der Waals surface area contributed by atoms with Gasteiger partial charge in [0.05, 0.1) is 0 Å². The second-order valence-corrected chi connectivity index (χ2v) is 5.74. The van der Waals surface area contributed by atoms with Gasteiger partial charge < -0.3 is 15.1 Å². The van der Waals surface area contributed by atoms with E-state index < -0.39 is 0 Å². The molecule has 2 amide bonds. The summed E-state index contributed by atoms with van der Waals surface area (Å²) in [5.41, 5.74) is 0.902. The third-order valence-corrected chi connectivity index (χ3v) is 4.07. The van der Waals surface area contributed by atoms with E-state index in [1.807, 2.05) is 30.3 Å². The molecule has 0 unspecified atom stereocenters. The van der Waals surface area contributed by atoms with E-state index in [1.165, 1.54) is 19.3 Å². The Morgan fingerprint density at radius 2 is 2.00 bits per heavy atom. The van der Waals surface area contributed by atoms with Gasteiger partial charge in [0.1, 0.15) is 11.3 Å². The zero-order chi connectivity index (χ0) is 14.5. The number of furan rings is 1. The van der Waals surface area contributed by atoms with Crippen LogP contribution >= 0.6 is 0 Å². The lowest BCUT2D eigenvalue weighted by molar-refractivity contribution is 0.232. The van der Waals surface area contributed by atoms with E-state index in [0.29, 0.717) is 19.0 Å². The molecular formula is C17H22N2O2. The Morgan fingerprint density at radius 1 is 1.19 bits per heavy atom. The van der Waals surface area contributed by atoms with Crippen LogP contribution in [-0.2, 0) is 6.42 Å². The third kappa shape index (κ3) is 3.78. The highest BCUT2D eigenvalue weighted by atomic mass is 16.3. The van der Waals surface area contributed by atoms with Crippen LogP contribution < -0.4 is 10.6 Å². The molecule has 1 aliphatic carbocycles.